The lowest BCUT2D eigenvalue weighted by molar-refractivity contribution is 0.0735. The average Bonchev–Trinajstić information content (AvgIpc) is 2.94. The molecule has 1 saturated carbocycles. The average molecular weight is 306 g/mol. The number of benzene rings is 1. The van der Waals surface area contributed by atoms with E-state index in [0.29, 0.717) is 11.3 Å². The van der Waals surface area contributed by atoms with Crippen LogP contribution < -0.4 is 0 Å². The standard InChI is InChI=1S/C17H26N2OS/c1-18(2)12-13-6-5-7-14(10-13)17(20)19(3)15-8-9-16(11-15)21-4/h5-7,10,15-16H,8-9,11-12H2,1-4H3/t15-,16+/m1/s1. The molecule has 3 nitrogen and oxygen atoms in total. The van der Waals surface area contributed by atoms with Gasteiger partial charge in [-0.15, -0.1) is 0 Å². The first-order chi connectivity index (χ1) is 10.0. The van der Waals surface area contributed by atoms with Crippen molar-refractivity contribution in [3.8, 4) is 0 Å². The highest BCUT2D eigenvalue weighted by Crippen LogP contribution is 2.31. The molecular formula is C17H26N2OS. The molecule has 0 radical (unpaired) electrons. The molecule has 0 heterocycles. The minimum absolute atomic E-state index is 0.155. The van der Waals surface area contributed by atoms with Gasteiger partial charge < -0.3 is 9.80 Å². The Labute approximate surface area is 132 Å². The lowest BCUT2D eigenvalue weighted by Crippen LogP contribution is -2.35. The molecule has 0 saturated heterocycles. The molecule has 1 aromatic carbocycles. The highest BCUT2D eigenvalue weighted by molar-refractivity contribution is 7.99. The summed E-state index contributed by atoms with van der Waals surface area (Å²) < 4.78 is 0. The molecule has 0 spiro atoms. The lowest BCUT2D eigenvalue weighted by atomic mass is 10.1. The van der Waals surface area contributed by atoms with Crippen molar-refractivity contribution < 1.29 is 4.79 Å². The van der Waals surface area contributed by atoms with Crippen LogP contribution in [-0.2, 0) is 6.54 Å². The first kappa shape index (κ1) is 16.4. The summed E-state index contributed by atoms with van der Waals surface area (Å²) >= 11 is 1.93. The van der Waals surface area contributed by atoms with Gasteiger partial charge in [0, 0.05) is 30.4 Å². The Hall–Kier alpha value is -1.00. The van der Waals surface area contributed by atoms with Crippen molar-refractivity contribution in [3.05, 3.63) is 35.4 Å². The molecule has 1 aromatic rings. The number of carbonyl (C=O) groups excluding carboxylic acids is 1. The lowest BCUT2D eigenvalue weighted by Gasteiger charge is -2.25. The van der Waals surface area contributed by atoms with E-state index in [0.717, 1.165) is 24.9 Å². The van der Waals surface area contributed by atoms with E-state index < -0.39 is 0 Å². The molecule has 0 aliphatic heterocycles. The summed E-state index contributed by atoms with van der Waals surface area (Å²) in [6.07, 6.45) is 5.65. The second kappa shape index (κ2) is 7.32. The summed E-state index contributed by atoms with van der Waals surface area (Å²) in [6.45, 7) is 0.864. The molecule has 1 amide bonds. The Kier molecular flexibility index (Phi) is 5.71. The molecule has 0 aromatic heterocycles. The van der Waals surface area contributed by atoms with Gasteiger partial charge in [-0.3, -0.25) is 4.79 Å². The van der Waals surface area contributed by atoms with E-state index in [1.165, 1.54) is 12.0 Å². The molecule has 2 atom stereocenters. The summed E-state index contributed by atoms with van der Waals surface area (Å²) in [7, 11) is 6.04. The van der Waals surface area contributed by atoms with E-state index >= 15 is 0 Å². The van der Waals surface area contributed by atoms with Crippen molar-refractivity contribution in [2.75, 3.05) is 27.4 Å². The molecule has 1 fully saturated rings. The number of rotatable bonds is 5. The summed E-state index contributed by atoms with van der Waals surface area (Å²) in [6, 6.07) is 8.42. The third kappa shape index (κ3) is 4.24. The van der Waals surface area contributed by atoms with Crippen LogP contribution in [-0.4, -0.2) is 54.4 Å². The van der Waals surface area contributed by atoms with Crippen LogP contribution in [0.5, 0.6) is 0 Å². The fraction of sp³-hybridized carbons (Fsp3) is 0.588. The quantitative estimate of drug-likeness (QED) is 0.835. The van der Waals surface area contributed by atoms with Crippen LogP contribution in [0.1, 0.15) is 35.2 Å². The van der Waals surface area contributed by atoms with Crippen molar-refractivity contribution in [3.63, 3.8) is 0 Å². The molecule has 0 bridgehead atoms. The van der Waals surface area contributed by atoms with Crippen LogP contribution in [0, 0.1) is 0 Å². The van der Waals surface area contributed by atoms with Gasteiger partial charge >= 0.3 is 0 Å². The van der Waals surface area contributed by atoms with Gasteiger partial charge in [0.15, 0.2) is 0 Å². The zero-order valence-corrected chi connectivity index (χ0v) is 14.3. The summed E-state index contributed by atoms with van der Waals surface area (Å²) in [5.41, 5.74) is 2.00. The monoisotopic (exact) mass is 306 g/mol. The Morgan fingerprint density at radius 2 is 2.05 bits per heavy atom. The maximum Gasteiger partial charge on any atom is 0.253 e. The van der Waals surface area contributed by atoms with Gasteiger partial charge in [0.25, 0.3) is 5.91 Å². The maximum atomic E-state index is 12.7. The van der Waals surface area contributed by atoms with Crippen LogP contribution in [0.3, 0.4) is 0 Å². The number of nitrogens with zero attached hydrogens (tertiary/aromatic N) is 2. The maximum absolute atomic E-state index is 12.7. The fourth-order valence-corrected chi connectivity index (χ4v) is 3.81. The van der Waals surface area contributed by atoms with Gasteiger partial charge in [-0.05, 0) is 57.3 Å². The first-order valence-corrected chi connectivity index (χ1v) is 8.83. The highest BCUT2D eigenvalue weighted by Gasteiger charge is 2.29. The van der Waals surface area contributed by atoms with Crippen molar-refractivity contribution in [1.82, 2.24) is 9.80 Å². The molecule has 4 heteroatoms. The Bertz CT molecular complexity index is 489. The largest absolute Gasteiger partial charge is 0.339 e. The van der Waals surface area contributed by atoms with E-state index in [9.17, 15) is 4.79 Å². The van der Waals surface area contributed by atoms with Gasteiger partial charge in [0.1, 0.15) is 0 Å². The Morgan fingerprint density at radius 3 is 2.67 bits per heavy atom. The SMILES string of the molecule is CS[C@H]1CC[C@@H](N(C)C(=O)c2cccc(CN(C)C)c2)C1. The molecule has 21 heavy (non-hydrogen) atoms. The predicted octanol–water partition coefficient (Wildman–Crippen LogP) is 3.10. The van der Waals surface area contributed by atoms with Crippen molar-refractivity contribution in [2.45, 2.75) is 37.1 Å². The molecule has 1 aliphatic carbocycles. The Morgan fingerprint density at radius 1 is 1.29 bits per heavy atom. The predicted molar refractivity (Wildman–Crippen MR) is 90.9 cm³/mol. The highest BCUT2D eigenvalue weighted by atomic mass is 32.2. The third-order valence-corrected chi connectivity index (χ3v) is 5.33. The molecule has 2 rings (SSSR count). The van der Waals surface area contributed by atoms with Gasteiger partial charge in [0.2, 0.25) is 0 Å². The van der Waals surface area contributed by atoms with Crippen molar-refractivity contribution >= 4 is 17.7 Å². The van der Waals surface area contributed by atoms with E-state index in [1.54, 1.807) is 0 Å². The number of hydrogen-bond donors (Lipinski definition) is 0. The molecule has 1 aliphatic rings. The number of hydrogen-bond acceptors (Lipinski definition) is 3. The van der Waals surface area contributed by atoms with E-state index in [1.807, 2.05) is 56.0 Å². The summed E-state index contributed by atoms with van der Waals surface area (Å²) in [5, 5.41) is 0.713. The van der Waals surface area contributed by atoms with Crippen LogP contribution in [0.25, 0.3) is 0 Å². The van der Waals surface area contributed by atoms with Crippen molar-refractivity contribution in [1.29, 1.82) is 0 Å². The third-order valence-electron chi connectivity index (χ3n) is 4.23. The normalized spacial score (nSPS) is 21.8. The smallest absolute Gasteiger partial charge is 0.253 e. The summed E-state index contributed by atoms with van der Waals surface area (Å²) in [4.78, 5) is 16.7. The van der Waals surface area contributed by atoms with E-state index in [2.05, 4.69) is 17.2 Å². The fourth-order valence-electron chi connectivity index (χ4n) is 3.02. The van der Waals surface area contributed by atoms with Gasteiger partial charge in [-0.25, -0.2) is 0 Å². The topological polar surface area (TPSA) is 23.6 Å². The van der Waals surface area contributed by atoms with E-state index in [-0.39, 0.29) is 5.91 Å². The van der Waals surface area contributed by atoms with Crippen LogP contribution in [0.2, 0.25) is 0 Å². The zero-order valence-electron chi connectivity index (χ0n) is 13.5. The van der Waals surface area contributed by atoms with E-state index in [4.69, 9.17) is 0 Å². The minimum atomic E-state index is 0.155. The number of thioether (sulfide) groups is 1. The second-order valence-corrected chi connectivity index (χ2v) is 7.32. The number of carbonyl (C=O) groups is 1. The first-order valence-electron chi connectivity index (χ1n) is 7.55. The van der Waals surface area contributed by atoms with Crippen LogP contribution in [0.4, 0.5) is 0 Å². The van der Waals surface area contributed by atoms with Crippen LogP contribution in [0.15, 0.2) is 24.3 Å². The zero-order chi connectivity index (χ0) is 15.4. The number of amides is 1. The minimum Gasteiger partial charge on any atom is -0.339 e. The van der Waals surface area contributed by atoms with Gasteiger partial charge in [-0.1, -0.05) is 12.1 Å². The second-order valence-electron chi connectivity index (χ2n) is 6.18. The molecule has 0 N–H and O–H groups in total. The van der Waals surface area contributed by atoms with Crippen LogP contribution >= 0.6 is 11.8 Å². The van der Waals surface area contributed by atoms with Gasteiger partial charge in [-0.2, -0.15) is 11.8 Å². The Balaban J connectivity index is 2.05. The van der Waals surface area contributed by atoms with Gasteiger partial charge in [0.05, 0.1) is 0 Å². The molecule has 116 valence electrons. The molecule has 0 unspecified atom stereocenters. The summed E-state index contributed by atoms with van der Waals surface area (Å²) in [5.74, 6) is 0.155. The molecular weight excluding hydrogens is 280 g/mol. The van der Waals surface area contributed by atoms with Crippen molar-refractivity contribution in [2.24, 2.45) is 0 Å².